The van der Waals surface area contributed by atoms with Crippen molar-refractivity contribution in [3.05, 3.63) is 54.1 Å². The minimum absolute atomic E-state index is 0.229. The lowest BCUT2D eigenvalue weighted by molar-refractivity contribution is 0.594. The van der Waals surface area contributed by atoms with Crippen LogP contribution >= 0.6 is 0 Å². The van der Waals surface area contributed by atoms with Crippen molar-refractivity contribution in [3.8, 4) is 0 Å². The maximum Gasteiger partial charge on any atom is 0.264 e. The molecule has 0 saturated heterocycles. The van der Waals surface area contributed by atoms with E-state index in [9.17, 15) is 8.42 Å². The Balaban J connectivity index is 2.45. The van der Waals surface area contributed by atoms with Crippen LogP contribution in [0.3, 0.4) is 0 Å². The second kappa shape index (κ2) is 4.93. The van der Waals surface area contributed by atoms with Gasteiger partial charge < -0.3 is 5.73 Å². The summed E-state index contributed by atoms with van der Waals surface area (Å²) in [7, 11) is -2.00. The first-order valence-electron chi connectivity index (χ1n) is 5.83. The first kappa shape index (κ1) is 13.4. The third-order valence-electron chi connectivity index (χ3n) is 2.99. The molecule has 0 fully saturated rings. The number of hydrogen-bond acceptors (Lipinski definition) is 3. The summed E-state index contributed by atoms with van der Waals surface area (Å²) in [6.45, 7) is 1.88. The Morgan fingerprint density at radius 3 is 2.16 bits per heavy atom. The summed E-state index contributed by atoms with van der Waals surface area (Å²) in [5.41, 5.74) is 7.68. The molecule has 0 radical (unpaired) electrons. The van der Waals surface area contributed by atoms with Gasteiger partial charge in [-0.2, -0.15) is 0 Å². The topological polar surface area (TPSA) is 63.4 Å². The van der Waals surface area contributed by atoms with Crippen LogP contribution in [0.25, 0.3) is 0 Å². The molecule has 5 heteroatoms. The largest absolute Gasteiger partial charge is 0.399 e. The van der Waals surface area contributed by atoms with Crippen LogP contribution in [-0.2, 0) is 10.0 Å². The van der Waals surface area contributed by atoms with Gasteiger partial charge in [0.15, 0.2) is 0 Å². The van der Waals surface area contributed by atoms with Crippen molar-refractivity contribution in [3.63, 3.8) is 0 Å². The van der Waals surface area contributed by atoms with Gasteiger partial charge in [0.25, 0.3) is 10.0 Å². The molecule has 2 rings (SSSR count). The van der Waals surface area contributed by atoms with E-state index in [0.29, 0.717) is 11.4 Å². The zero-order chi connectivity index (χ0) is 14.0. The van der Waals surface area contributed by atoms with E-state index < -0.39 is 10.0 Å². The van der Waals surface area contributed by atoms with Gasteiger partial charge in [0.2, 0.25) is 0 Å². The van der Waals surface area contributed by atoms with Gasteiger partial charge >= 0.3 is 0 Å². The van der Waals surface area contributed by atoms with E-state index in [-0.39, 0.29) is 4.90 Å². The summed E-state index contributed by atoms with van der Waals surface area (Å²) in [5, 5.41) is 0. The molecule has 100 valence electrons. The molecule has 19 heavy (non-hydrogen) atoms. The number of anilines is 2. The van der Waals surface area contributed by atoms with Gasteiger partial charge in [0, 0.05) is 12.7 Å². The molecular weight excluding hydrogens is 260 g/mol. The Morgan fingerprint density at radius 1 is 1.00 bits per heavy atom. The third-order valence-corrected chi connectivity index (χ3v) is 4.78. The quantitative estimate of drug-likeness (QED) is 0.876. The van der Waals surface area contributed by atoms with Crippen molar-refractivity contribution in [1.82, 2.24) is 0 Å². The Morgan fingerprint density at radius 2 is 1.58 bits per heavy atom. The Kier molecular flexibility index (Phi) is 3.48. The first-order chi connectivity index (χ1) is 8.93. The van der Waals surface area contributed by atoms with E-state index >= 15 is 0 Å². The molecule has 2 aromatic rings. The second-order valence-corrected chi connectivity index (χ2v) is 6.30. The number of aryl methyl sites for hydroxylation is 1. The molecular formula is C14H16N2O2S. The molecule has 0 saturated carbocycles. The van der Waals surface area contributed by atoms with Gasteiger partial charge in [-0.1, -0.05) is 18.2 Å². The Hall–Kier alpha value is -2.01. The molecule has 0 aliphatic rings. The normalized spacial score (nSPS) is 11.3. The highest BCUT2D eigenvalue weighted by atomic mass is 32.2. The van der Waals surface area contributed by atoms with Crippen molar-refractivity contribution in [2.24, 2.45) is 0 Å². The number of para-hydroxylation sites is 1. The average Bonchev–Trinajstić information content (AvgIpc) is 2.39. The fraction of sp³-hybridized carbons (Fsp3) is 0.143. The highest BCUT2D eigenvalue weighted by molar-refractivity contribution is 7.92. The Labute approximate surface area is 113 Å². The van der Waals surface area contributed by atoms with Gasteiger partial charge in [0.1, 0.15) is 0 Å². The van der Waals surface area contributed by atoms with Crippen molar-refractivity contribution >= 4 is 21.4 Å². The molecule has 4 nitrogen and oxygen atoms in total. The van der Waals surface area contributed by atoms with Crippen molar-refractivity contribution in [1.29, 1.82) is 0 Å². The Bertz CT molecular complexity index is 679. The molecule has 0 atom stereocenters. The van der Waals surface area contributed by atoms with Crippen molar-refractivity contribution < 1.29 is 8.42 Å². The summed E-state index contributed by atoms with van der Waals surface area (Å²) in [5.74, 6) is 0. The molecule has 0 unspecified atom stereocenters. The lowest BCUT2D eigenvalue weighted by Gasteiger charge is -2.21. The molecule has 0 aromatic heterocycles. The first-order valence-corrected chi connectivity index (χ1v) is 7.27. The van der Waals surface area contributed by atoms with E-state index in [1.165, 1.54) is 16.4 Å². The lowest BCUT2D eigenvalue weighted by atomic mass is 10.2. The van der Waals surface area contributed by atoms with Crippen molar-refractivity contribution in [2.75, 3.05) is 17.1 Å². The molecule has 2 aromatic carbocycles. The number of sulfonamides is 1. The zero-order valence-electron chi connectivity index (χ0n) is 10.9. The number of hydrogen-bond donors (Lipinski definition) is 1. The van der Waals surface area contributed by atoms with Crippen LogP contribution in [0.5, 0.6) is 0 Å². The average molecular weight is 276 g/mol. The fourth-order valence-electron chi connectivity index (χ4n) is 1.84. The van der Waals surface area contributed by atoms with Crippen molar-refractivity contribution in [2.45, 2.75) is 11.8 Å². The predicted molar refractivity (Wildman–Crippen MR) is 77.6 cm³/mol. The van der Waals surface area contributed by atoms with Crippen LogP contribution in [0.2, 0.25) is 0 Å². The molecule has 0 heterocycles. The number of benzene rings is 2. The summed E-state index contributed by atoms with van der Waals surface area (Å²) in [6, 6.07) is 13.5. The maximum atomic E-state index is 12.5. The van der Waals surface area contributed by atoms with Gasteiger partial charge in [-0.25, -0.2) is 8.42 Å². The summed E-state index contributed by atoms with van der Waals surface area (Å²) in [4.78, 5) is 0.229. The number of nitrogen functional groups attached to an aromatic ring is 1. The summed E-state index contributed by atoms with van der Waals surface area (Å²) < 4.78 is 26.2. The SMILES string of the molecule is Cc1ccccc1N(C)S(=O)(=O)c1ccc(N)cc1. The molecule has 0 bridgehead atoms. The highest BCUT2D eigenvalue weighted by Gasteiger charge is 2.21. The lowest BCUT2D eigenvalue weighted by Crippen LogP contribution is -2.27. The fourth-order valence-corrected chi connectivity index (χ4v) is 3.10. The van der Waals surface area contributed by atoms with E-state index in [2.05, 4.69) is 0 Å². The maximum absolute atomic E-state index is 12.5. The number of rotatable bonds is 3. The van der Waals surface area contributed by atoms with Crippen LogP contribution < -0.4 is 10.0 Å². The van der Waals surface area contributed by atoms with Gasteiger partial charge in [-0.3, -0.25) is 4.31 Å². The molecule has 0 aliphatic heterocycles. The van der Waals surface area contributed by atoms with Gasteiger partial charge in [0.05, 0.1) is 10.6 Å². The highest BCUT2D eigenvalue weighted by Crippen LogP contribution is 2.25. The minimum atomic E-state index is -3.55. The van der Waals surface area contributed by atoms with E-state index in [4.69, 9.17) is 5.73 Å². The monoisotopic (exact) mass is 276 g/mol. The van der Waals surface area contributed by atoms with E-state index in [1.54, 1.807) is 25.2 Å². The van der Waals surface area contributed by atoms with Crippen LogP contribution in [0.15, 0.2) is 53.4 Å². The molecule has 0 amide bonds. The number of nitrogens with zero attached hydrogens (tertiary/aromatic N) is 1. The van der Waals surface area contributed by atoms with Crippen LogP contribution in [0.4, 0.5) is 11.4 Å². The molecule has 2 N–H and O–H groups in total. The van der Waals surface area contributed by atoms with E-state index in [1.807, 2.05) is 25.1 Å². The third kappa shape index (κ3) is 2.56. The standard InChI is InChI=1S/C14H16N2O2S/c1-11-5-3-4-6-14(11)16(2)19(17,18)13-9-7-12(15)8-10-13/h3-10H,15H2,1-2H3. The summed E-state index contributed by atoms with van der Waals surface area (Å²) >= 11 is 0. The zero-order valence-corrected chi connectivity index (χ0v) is 11.7. The smallest absolute Gasteiger partial charge is 0.264 e. The molecule has 0 spiro atoms. The van der Waals surface area contributed by atoms with Gasteiger partial charge in [-0.05, 0) is 42.8 Å². The van der Waals surface area contributed by atoms with Crippen LogP contribution in [0.1, 0.15) is 5.56 Å². The van der Waals surface area contributed by atoms with E-state index in [0.717, 1.165) is 5.56 Å². The molecule has 0 aliphatic carbocycles. The predicted octanol–water partition coefficient (Wildman–Crippen LogP) is 2.40. The van der Waals surface area contributed by atoms with Crippen LogP contribution in [0, 0.1) is 6.92 Å². The second-order valence-electron chi connectivity index (χ2n) is 4.33. The van der Waals surface area contributed by atoms with Crippen LogP contribution in [-0.4, -0.2) is 15.5 Å². The minimum Gasteiger partial charge on any atom is -0.399 e. The summed E-state index contributed by atoms with van der Waals surface area (Å²) in [6.07, 6.45) is 0. The van der Waals surface area contributed by atoms with Gasteiger partial charge in [-0.15, -0.1) is 0 Å². The number of nitrogens with two attached hydrogens (primary N) is 1.